The zero-order chi connectivity index (χ0) is 26.4. The number of halogens is 3. The fourth-order valence-electron chi connectivity index (χ4n) is 6.63. The molecule has 1 aromatic heterocycles. The number of fused-ring (bicyclic) bond motifs is 4. The first-order valence-corrected chi connectivity index (χ1v) is 13.4. The number of alkyl halides is 2. The summed E-state index contributed by atoms with van der Waals surface area (Å²) >= 11 is 15.5. The normalized spacial score (nSPS) is 35.0. The summed E-state index contributed by atoms with van der Waals surface area (Å²) in [7, 11) is 1.27. The van der Waals surface area contributed by atoms with Gasteiger partial charge in [0.2, 0.25) is 11.8 Å². The van der Waals surface area contributed by atoms with Crippen molar-refractivity contribution in [2.45, 2.75) is 35.1 Å². The molecule has 4 aliphatic rings. The molecule has 11 heteroatoms. The van der Waals surface area contributed by atoms with Gasteiger partial charge in [-0.25, -0.2) is 4.39 Å². The van der Waals surface area contributed by atoms with Crippen molar-refractivity contribution in [3.63, 3.8) is 0 Å². The third-order valence-corrected chi connectivity index (χ3v) is 10.6. The van der Waals surface area contributed by atoms with Crippen LogP contribution in [0.2, 0.25) is 0 Å². The van der Waals surface area contributed by atoms with Crippen LogP contribution in [0.3, 0.4) is 0 Å². The van der Waals surface area contributed by atoms with Crippen molar-refractivity contribution in [3.8, 4) is 5.75 Å². The number of para-hydroxylation sites is 1. The van der Waals surface area contributed by atoms with Crippen LogP contribution >= 0.6 is 34.5 Å². The summed E-state index contributed by atoms with van der Waals surface area (Å²) in [4.78, 5) is 52.8. The maximum Gasteiger partial charge on any atom is 0.253 e. The molecule has 4 amide bonds. The molecule has 2 aliphatic carbocycles. The molecule has 3 heterocycles. The monoisotopic (exact) mass is 562 g/mol. The van der Waals surface area contributed by atoms with E-state index in [1.165, 1.54) is 35.4 Å². The molecule has 3 fully saturated rings. The SMILES string of the molecule is CN1C(=O)[C@]2(Cl)C[C@@H]3C(=CC[C@@H]4C(=O)N(Cc5cccs5)C(=O)[C@@H]43)[C@H](c3cccc(F)c3O)[C@]2(Cl)C1=O. The number of likely N-dealkylation sites (tertiary alicyclic amines) is 2. The van der Waals surface area contributed by atoms with E-state index in [9.17, 15) is 28.7 Å². The summed E-state index contributed by atoms with van der Waals surface area (Å²) < 4.78 is 14.5. The van der Waals surface area contributed by atoms with E-state index in [1.54, 1.807) is 6.08 Å². The molecule has 2 aliphatic heterocycles. The molecule has 6 atom stereocenters. The minimum absolute atomic E-state index is 0.00177. The lowest BCUT2D eigenvalue weighted by Gasteiger charge is -2.50. The average molecular weight is 563 g/mol. The Balaban J connectivity index is 1.51. The Bertz CT molecular complexity index is 1410. The molecule has 7 nitrogen and oxygen atoms in total. The largest absolute Gasteiger partial charge is 0.505 e. The van der Waals surface area contributed by atoms with Crippen molar-refractivity contribution in [1.82, 2.24) is 9.80 Å². The van der Waals surface area contributed by atoms with Gasteiger partial charge in [-0.2, -0.15) is 0 Å². The van der Waals surface area contributed by atoms with Gasteiger partial charge in [-0.3, -0.25) is 29.0 Å². The molecule has 0 bridgehead atoms. The second kappa shape index (κ2) is 8.12. The number of benzene rings is 1. The minimum atomic E-state index is -2.07. The Hall–Kier alpha value is -2.75. The number of aromatic hydroxyl groups is 1. The first-order chi connectivity index (χ1) is 17.5. The number of hydrogen-bond donors (Lipinski definition) is 1. The molecular weight excluding hydrogens is 542 g/mol. The van der Waals surface area contributed by atoms with Crippen LogP contribution in [0.25, 0.3) is 0 Å². The molecular formula is C26H21Cl2FN2O5S. The number of carbonyl (C=O) groups excluding carboxylic acids is 4. The Morgan fingerprint density at radius 2 is 1.84 bits per heavy atom. The molecule has 192 valence electrons. The summed E-state index contributed by atoms with van der Waals surface area (Å²) in [6.45, 7) is 0.143. The number of rotatable bonds is 3. The summed E-state index contributed by atoms with van der Waals surface area (Å²) in [6.07, 6.45) is 1.80. The standard InChI is InChI=1S/C26H21Cl2FN2O5S/c1-30-23(35)25(27)10-16-13(19(26(25,28)24(30)36)15-5-2-6-17(29)20(15)32)7-8-14-18(16)22(34)31(21(14)33)11-12-4-3-9-37-12/h2-7,9,14,16,18-19,32H,8,10-11H2,1H3/t14-,16+,18-,19+,25+,26-/m0/s1. The third kappa shape index (κ3) is 3.05. The zero-order valence-corrected chi connectivity index (χ0v) is 21.8. The van der Waals surface area contributed by atoms with E-state index in [2.05, 4.69) is 0 Å². The minimum Gasteiger partial charge on any atom is -0.505 e. The third-order valence-electron chi connectivity index (χ3n) is 8.33. The maximum atomic E-state index is 14.5. The molecule has 2 saturated heterocycles. The lowest BCUT2D eigenvalue weighted by atomic mass is 9.56. The predicted molar refractivity (Wildman–Crippen MR) is 133 cm³/mol. The smallest absolute Gasteiger partial charge is 0.253 e. The lowest BCUT2D eigenvalue weighted by molar-refractivity contribution is -0.141. The fraction of sp³-hybridized carbons (Fsp3) is 0.385. The Labute approximate surface area is 225 Å². The number of nitrogens with zero attached hydrogens (tertiary/aromatic N) is 2. The summed E-state index contributed by atoms with van der Waals surface area (Å²) in [5, 5.41) is 12.6. The highest BCUT2D eigenvalue weighted by atomic mass is 35.5. The number of imide groups is 2. The molecule has 0 unspecified atom stereocenters. The quantitative estimate of drug-likeness (QED) is 0.349. The first kappa shape index (κ1) is 24.6. The second-order valence-corrected chi connectivity index (χ2v) is 12.3. The van der Waals surface area contributed by atoms with E-state index in [0.717, 1.165) is 15.8 Å². The van der Waals surface area contributed by atoms with E-state index in [1.807, 2.05) is 17.5 Å². The fourth-order valence-corrected chi connectivity index (χ4v) is 8.34. The van der Waals surface area contributed by atoms with Gasteiger partial charge in [0.1, 0.15) is 0 Å². The van der Waals surface area contributed by atoms with Gasteiger partial charge in [0.25, 0.3) is 11.8 Å². The van der Waals surface area contributed by atoms with Crippen LogP contribution in [0.15, 0.2) is 47.4 Å². The summed E-state index contributed by atoms with van der Waals surface area (Å²) in [6, 6.07) is 7.55. The van der Waals surface area contributed by atoms with E-state index >= 15 is 0 Å². The van der Waals surface area contributed by atoms with Crippen molar-refractivity contribution >= 4 is 58.2 Å². The number of amides is 4. The Kier molecular flexibility index (Phi) is 5.40. The molecule has 0 radical (unpaired) electrons. The molecule has 1 N–H and O–H groups in total. The molecule has 1 aromatic carbocycles. The Morgan fingerprint density at radius 1 is 1.08 bits per heavy atom. The van der Waals surface area contributed by atoms with Crippen LogP contribution in [-0.2, 0) is 25.7 Å². The summed E-state index contributed by atoms with van der Waals surface area (Å²) in [5.74, 6) is -7.21. The average Bonchev–Trinajstić information content (AvgIpc) is 3.51. The van der Waals surface area contributed by atoms with Gasteiger partial charge in [0, 0.05) is 23.4 Å². The highest BCUT2D eigenvalue weighted by Crippen LogP contribution is 2.66. The van der Waals surface area contributed by atoms with Crippen LogP contribution in [0.1, 0.15) is 29.2 Å². The van der Waals surface area contributed by atoms with E-state index in [0.29, 0.717) is 5.57 Å². The van der Waals surface area contributed by atoms with Crippen LogP contribution in [0.5, 0.6) is 5.75 Å². The number of hydrogen-bond acceptors (Lipinski definition) is 6. The van der Waals surface area contributed by atoms with Gasteiger partial charge in [0.05, 0.1) is 18.4 Å². The van der Waals surface area contributed by atoms with Gasteiger partial charge < -0.3 is 5.11 Å². The van der Waals surface area contributed by atoms with Crippen molar-refractivity contribution < 1.29 is 28.7 Å². The highest BCUT2D eigenvalue weighted by Gasteiger charge is 2.76. The highest BCUT2D eigenvalue weighted by molar-refractivity contribution is 7.09. The van der Waals surface area contributed by atoms with E-state index < -0.39 is 56.8 Å². The van der Waals surface area contributed by atoms with Gasteiger partial charge in [-0.1, -0.05) is 29.8 Å². The van der Waals surface area contributed by atoms with Crippen LogP contribution in [-0.4, -0.2) is 55.3 Å². The number of carbonyl (C=O) groups is 4. The lowest BCUT2D eigenvalue weighted by Crippen LogP contribution is -2.60. The summed E-state index contributed by atoms with van der Waals surface area (Å²) in [5.41, 5.74) is 0.502. The van der Waals surface area contributed by atoms with Gasteiger partial charge in [-0.05, 0) is 36.3 Å². The van der Waals surface area contributed by atoms with Gasteiger partial charge in [-0.15, -0.1) is 34.5 Å². The molecule has 37 heavy (non-hydrogen) atoms. The van der Waals surface area contributed by atoms with Crippen LogP contribution in [0.4, 0.5) is 4.39 Å². The number of allylic oxidation sites excluding steroid dienone is 2. The van der Waals surface area contributed by atoms with Crippen molar-refractivity contribution in [1.29, 1.82) is 0 Å². The van der Waals surface area contributed by atoms with Crippen LogP contribution in [0, 0.1) is 23.6 Å². The molecule has 2 aromatic rings. The predicted octanol–water partition coefficient (Wildman–Crippen LogP) is 3.78. The number of phenolic OH excluding ortho intramolecular Hbond substituents is 1. The number of thiophene rings is 1. The van der Waals surface area contributed by atoms with Crippen molar-refractivity contribution in [2.24, 2.45) is 17.8 Å². The number of phenols is 1. The van der Waals surface area contributed by atoms with Crippen molar-refractivity contribution in [2.75, 3.05) is 7.05 Å². The Morgan fingerprint density at radius 3 is 2.54 bits per heavy atom. The molecule has 0 spiro atoms. The molecule has 6 rings (SSSR count). The van der Waals surface area contributed by atoms with Gasteiger partial charge >= 0.3 is 0 Å². The maximum absolute atomic E-state index is 14.5. The van der Waals surface area contributed by atoms with E-state index in [-0.39, 0.29) is 36.8 Å². The van der Waals surface area contributed by atoms with Crippen LogP contribution < -0.4 is 0 Å². The molecule has 1 saturated carbocycles. The topological polar surface area (TPSA) is 95.0 Å². The van der Waals surface area contributed by atoms with Crippen molar-refractivity contribution in [3.05, 3.63) is 63.6 Å². The first-order valence-electron chi connectivity index (χ1n) is 11.8. The van der Waals surface area contributed by atoms with E-state index in [4.69, 9.17) is 23.2 Å². The van der Waals surface area contributed by atoms with Gasteiger partial charge in [0.15, 0.2) is 21.3 Å². The zero-order valence-electron chi connectivity index (χ0n) is 19.5. The second-order valence-electron chi connectivity index (χ2n) is 10.0.